The SMILES string of the molecule is COC(=O)CCCCNC(=O)c1ccc2c(c1)S(=O)(=O)N(C(C)C)C2=O. The van der Waals surface area contributed by atoms with Crippen LogP contribution in [0.3, 0.4) is 0 Å². The Morgan fingerprint density at radius 3 is 2.54 bits per heavy atom. The number of methoxy groups -OCH3 is 1. The van der Waals surface area contributed by atoms with E-state index < -0.39 is 27.9 Å². The van der Waals surface area contributed by atoms with Crippen molar-refractivity contribution < 1.29 is 27.5 Å². The topological polar surface area (TPSA) is 110 Å². The minimum Gasteiger partial charge on any atom is -0.469 e. The number of hydrogen-bond donors (Lipinski definition) is 1. The molecule has 0 radical (unpaired) electrons. The molecule has 2 amide bonds. The van der Waals surface area contributed by atoms with Gasteiger partial charge >= 0.3 is 5.97 Å². The van der Waals surface area contributed by atoms with E-state index in [1.54, 1.807) is 13.8 Å². The van der Waals surface area contributed by atoms with Crippen LogP contribution in [0.4, 0.5) is 0 Å². The van der Waals surface area contributed by atoms with E-state index >= 15 is 0 Å². The van der Waals surface area contributed by atoms with Gasteiger partial charge < -0.3 is 10.1 Å². The maximum atomic E-state index is 12.5. The normalized spacial score (nSPS) is 15.1. The maximum Gasteiger partial charge on any atom is 0.305 e. The number of unbranched alkanes of at least 4 members (excludes halogenated alkanes) is 1. The van der Waals surface area contributed by atoms with Crippen LogP contribution in [0.5, 0.6) is 0 Å². The minimum absolute atomic E-state index is 0.0772. The van der Waals surface area contributed by atoms with Crippen molar-refractivity contribution >= 4 is 27.8 Å². The van der Waals surface area contributed by atoms with Crippen molar-refractivity contribution in [3.63, 3.8) is 0 Å². The van der Waals surface area contributed by atoms with Gasteiger partial charge in [-0.1, -0.05) is 0 Å². The minimum atomic E-state index is -3.94. The molecular formula is C17H22N2O6S. The second-order valence-corrected chi connectivity index (χ2v) is 7.98. The lowest BCUT2D eigenvalue weighted by Gasteiger charge is -2.18. The number of amides is 2. The van der Waals surface area contributed by atoms with E-state index in [2.05, 4.69) is 10.1 Å². The molecule has 0 bridgehead atoms. The maximum absolute atomic E-state index is 12.5. The van der Waals surface area contributed by atoms with Gasteiger partial charge in [-0.3, -0.25) is 14.4 Å². The fourth-order valence-electron chi connectivity index (χ4n) is 2.70. The van der Waals surface area contributed by atoms with Crippen LogP contribution in [-0.2, 0) is 19.6 Å². The Kier molecular flexibility index (Phi) is 6.01. The first-order valence-corrected chi connectivity index (χ1v) is 9.72. The van der Waals surface area contributed by atoms with Crippen molar-refractivity contribution in [1.29, 1.82) is 0 Å². The standard InChI is InChI=1S/C17H22N2O6S/c1-11(2)19-17(22)13-8-7-12(10-14(13)26(19,23)24)16(21)18-9-5-4-6-15(20)25-3/h7-8,10-11H,4-6,9H2,1-3H3,(H,18,21). The Labute approximate surface area is 152 Å². The summed E-state index contributed by atoms with van der Waals surface area (Å²) in [6, 6.07) is 3.52. The number of nitrogens with one attached hydrogen (secondary N) is 1. The predicted octanol–water partition coefficient (Wildman–Crippen LogP) is 1.31. The molecule has 9 heteroatoms. The zero-order chi connectivity index (χ0) is 19.5. The number of fused-ring (bicyclic) bond motifs is 1. The van der Waals surface area contributed by atoms with E-state index in [-0.39, 0.29) is 28.4 Å². The molecule has 1 N–H and O–H groups in total. The summed E-state index contributed by atoms with van der Waals surface area (Å²) in [6.07, 6.45) is 1.43. The summed E-state index contributed by atoms with van der Waals surface area (Å²) in [7, 11) is -2.62. The van der Waals surface area contributed by atoms with Crippen molar-refractivity contribution in [3.8, 4) is 0 Å². The Bertz CT molecular complexity index is 832. The number of carbonyl (C=O) groups excluding carboxylic acids is 3. The van der Waals surface area contributed by atoms with Crippen molar-refractivity contribution in [2.45, 2.75) is 44.0 Å². The van der Waals surface area contributed by atoms with Crippen LogP contribution < -0.4 is 5.32 Å². The van der Waals surface area contributed by atoms with E-state index in [4.69, 9.17) is 0 Å². The monoisotopic (exact) mass is 382 g/mol. The summed E-state index contributed by atoms with van der Waals surface area (Å²) < 4.78 is 30.4. The molecular weight excluding hydrogens is 360 g/mol. The van der Waals surface area contributed by atoms with E-state index in [1.165, 1.54) is 25.3 Å². The first-order valence-electron chi connectivity index (χ1n) is 8.28. The van der Waals surface area contributed by atoms with Gasteiger partial charge in [-0.25, -0.2) is 12.7 Å². The fraction of sp³-hybridized carbons (Fsp3) is 0.471. The molecule has 1 aliphatic rings. The van der Waals surface area contributed by atoms with Gasteiger partial charge in [0, 0.05) is 24.6 Å². The van der Waals surface area contributed by atoms with Crippen molar-refractivity contribution in [2.75, 3.05) is 13.7 Å². The zero-order valence-electron chi connectivity index (χ0n) is 14.9. The lowest BCUT2D eigenvalue weighted by Crippen LogP contribution is -2.36. The van der Waals surface area contributed by atoms with E-state index in [0.717, 1.165) is 4.31 Å². The number of ether oxygens (including phenoxy) is 1. The Morgan fingerprint density at radius 1 is 1.23 bits per heavy atom. The number of nitrogens with zero attached hydrogens (tertiary/aromatic N) is 1. The Hall–Kier alpha value is -2.42. The second-order valence-electron chi connectivity index (χ2n) is 6.20. The van der Waals surface area contributed by atoms with Gasteiger partial charge in [0.05, 0.1) is 12.7 Å². The first-order chi connectivity index (χ1) is 12.2. The lowest BCUT2D eigenvalue weighted by molar-refractivity contribution is -0.140. The highest BCUT2D eigenvalue weighted by Gasteiger charge is 2.42. The molecule has 1 heterocycles. The molecule has 0 fully saturated rings. The summed E-state index contributed by atoms with van der Waals surface area (Å²) >= 11 is 0. The van der Waals surface area contributed by atoms with Gasteiger partial charge in [0.2, 0.25) is 0 Å². The third kappa shape index (κ3) is 3.87. The van der Waals surface area contributed by atoms with Gasteiger partial charge in [-0.15, -0.1) is 0 Å². The molecule has 8 nitrogen and oxygen atoms in total. The van der Waals surface area contributed by atoms with E-state index in [1.807, 2.05) is 0 Å². The number of esters is 1. The number of benzene rings is 1. The average Bonchev–Trinajstić information content (AvgIpc) is 2.79. The lowest BCUT2D eigenvalue weighted by atomic mass is 10.1. The average molecular weight is 382 g/mol. The Balaban J connectivity index is 2.06. The van der Waals surface area contributed by atoms with Crippen LogP contribution in [0.15, 0.2) is 23.1 Å². The number of sulfonamides is 1. The molecule has 2 rings (SSSR count). The molecule has 26 heavy (non-hydrogen) atoms. The fourth-order valence-corrected chi connectivity index (χ4v) is 4.49. The van der Waals surface area contributed by atoms with E-state index in [0.29, 0.717) is 19.4 Å². The predicted molar refractivity (Wildman–Crippen MR) is 93.1 cm³/mol. The molecule has 0 saturated carbocycles. The second kappa shape index (κ2) is 7.86. The highest BCUT2D eigenvalue weighted by molar-refractivity contribution is 7.90. The molecule has 142 valence electrons. The molecule has 0 spiro atoms. The summed E-state index contributed by atoms with van der Waals surface area (Å²) in [5, 5.41) is 2.67. The molecule has 0 unspecified atom stereocenters. The van der Waals surface area contributed by atoms with Gasteiger partial charge in [0.1, 0.15) is 4.90 Å². The molecule has 0 aromatic heterocycles. The first kappa shape index (κ1) is 19.9. The largest absolute Gasteiger partial charge is 0.469 e. The summed E-state index contributed by atoms with van der Waals surface area (Å²) in [4.78, 5) is 35.3. The number of rotatable bonds is 7. The van der Waals surface area contributed by atoms with Crippen LogP contribution in [0, 0.1) is 0 Å². The van der Waals surface area contributed by atoms with Crippen molar-refractivity contribution in [2.24, 2.45) is 0 Å². The van der Waals surface area contributed by atoms with E-state index in [9.17, 15) is 22.8 Å². The Morgan fingerprint density at radius 2 is 1.92 bits per heavy atom. The van der Waals surface area contributed by atoms with Crippen LogP contribution in [0.2, 0.25) is 0 Å². The summed E-state index contributed by atoms with van der Waals surface area (Å²) in [5.74, 6) is -1.32. The molecule has 1 aliphatic heterocycles. The smallest absolute Gasteiger partial charge is 0.305 e. The van der Waals surface area contributed by atoms with Gasteiger partial charge in [0.15, 0.2) is 0 Å². The molecule has 0 saturated heterocycles. The third-order valence-electron chi connectivity index (χ3n) is 4.00. The van der Waals surface area contributed by atoms with Crippen LogP contribution >= 0.6 is 0 Å². The highest BCUT2D eigenvalue weighted by atomic mass is 32.2. The number of hydrogen-bond acceptors (Lipinski definition) is 6. The molecule has 1 aromatic rings. The molecule has 0 atom stereocenters. The van der Waals surface area contributed by atoms with Crippen molar-refractivity contribution in [3.05, 3.63) is 29.3 Å². The summed E-state index contributed by atoms with van der Waals surface area (Å²) in [5.41, 5.74) is 0.243. The third-order valence-corrected chi connectivity index (χ3v) is 6.00. The quantitative estimate of drug-likeness (QED) is 0.562. The van der Waals surface area contributed by atoms with Crippen LogP contribution in [0.1, 0.15) is 53.8 Å². The van der Waals surface area contributed by atoms with Gasteiger partial charge in [0.25, 0.3) is 21.8 Å². The summed E-state index contributed by atoms with van der Waals surface area (Å²) in [6.45, 7) is 3.57. The number of carbonyl (C=O) groups is 3. The van der Waals surface area contributed by atoms with Gasteiger partial charge in [-0.2, -0.15) is 0 Å². The molecule has 0 aliphatic carbocycles. The highest BCUT2D eigenvalue weighted by Crippen LogP contribution is 2.32. The zero-order valence-corrected chi connectivity index (χ0v) is 15.8. The van der Waals surface area contributed by atoms with Crippen LogP contribution in [0.25, 0.3) is 0 Å². The van der Waals surface area contributed by atoms with Crippen molar-refractivity contribution in [1.82, 2.24) is 9.62 Å². The molecule has 1 aromatic carbocycles. The van der Waals surface area contributed by atoms with Gasteiger partial charge in [-0.05, 0) is 44.9 Å². The van der Waals surface area contributed by atoms with Crippen LogP contribution in [-0.4, -0.2) is 50.2 Å².